The molecule has 1 amide bonds. The molecule has 0 fully saturated rings. The fourth-order valence-electron chi connectivity index (χ4n) is 1.64. The van der Waals surface area contributed by atoms with Crippen LogP contribution in [0, 0.1) is 0 Å². The summed E-state index contributed by atoms with van der Waals surface area (Å²) in [4.78, 5) is 22.5. The van der Waals surface area contributed by atoms with E-state index in [-0.39, 0.29) is 5.91 Å². The van der Waals surface area contributed by atoms with Crippen molar-refractivity contribution in [2.45, 2.75) is 0 Å². The van der Waals surface area contributed by atoms with Gasteiger partial charge < -0.3 is 10.6 Å². The van der Waals surface area contributed by atoms with E-state index >= 15 is 0 Å². The maximum atomic E-state index is 12.0. The first kappa shape index (κ1) is 12.8. The Morgan fingerprint density at radius 3 is 2.05 bits per heavy atom. The first-order valence-corrected chi connectivity index (χ1v) is 5.87. The van der Waals surface area contributed by atoms with Crippen molar-refractivity contribution in [1.82, 2.24) is 0 Å². The zero-order valence-corrected chi connectivity index (χ0v) is 10.5. The van der Waals surface area contributed by atoms with Crippen molar-refractivity contribution >= 4 is 23.6 Å². The smallest absolute Gasteiger partial charge is 0.255 e. The molecule has 0 saturated heterocycles. The highest BCUT2D eigenvalue weighted by molar-refractivity contribution is 6.04. The summed E-state index contributed by atoms with van der Waals surface area (Å²) in [6.45, 7) is 0. The largest absolute Gasteiger partial charge is 0.388 e. The molecule has 0 unspecified atom stereocenters. The minimum atomic E-state index is -0.199. The Morgan fingerprint density at radius 1 is 0.947 bits per heavy atom. The summed E-state index contributed by atoms with van der Waals surface area (Å²) in [5.41, 5.74) is 2.77. The number of benzene rings is 2. The molecule has 2 aromatic rings. The van der Waals surface area contributed by atoms with Gasteiger partial charge in [0.1, 0.15) is 6.29 Å². The van der Waals surface area contributed by atoms with Crippen molar-refractivity contribution in [3.05, 3.63) is 59.7 Å². The summed E-state index contributed by atoms with van der Waals surface area (Å²) in [6.07, 6.45) is 0.748. The van der Waals surface area contributed by atoms with Crippen LogP contribution in [-0.2, 0) is 0 Å². The number of carbonyl (C=O) groups excluding carboxylic acids is 2. The number of amides is 1. The molecule has 0 heterocycles. The number of rotatable bonds is 4. The number of anilines is 2. The van der Waals surface area contributed by atoms with E-state index in [0.717, 1.165) is 17.7 Å². The lowest BCUT2D eigenvalue weighted by Gasteiger charge is -2.06. The molecule has 0 bridgehead atoms. The van der Waals surface area contributed by atoms with Crippen molar-refractivity contribution in [3.63, 3.8) is 0 Å². The molecule has 19 heavy (non-hydrogen) atoms. The Balaban J connectivity index is 2.08. The highest BCUT2D eigenvalue weighted by Gasteiger charge is 2.05. The molecule has 2 N–H and O–H groups in total. The van der Waals surface area contributed by atoms with Gasteiger partial charge in [0.2, 0.25) is 0 Å². The fourth-order valence-corrected chi connectivity index (χ4v) is 1.64. The van der Waals surface area contributed by atoms with Crippen molar-refractivity contribution in [2.75, 3.05) is 17.7 Å². The third-order valence-corrected chi connectivity index (χ3v) is 2.74. The molecule has 0 aliphatic carbocycles. The Labute approximate surface area is 111 Å². The molecule has 0 atom stereocenters. The predicted octanol–water partition coefficient (Wildman–Crippen LogP) is 2.79. The SMILES string of the molecule is CNc1ccc(NC(=O)c2ccc(C=O)cc2)cc1. The summed E-state index contributed by atoms with van der Waals surface area (Å²) in [6, 6.07) is 13.9. The van der Waals surface area contributed by atoms with E-state index in [1.165, 1.54) is 0 Å². The van der Waals surface area contributed by atoms with Crippen molar-refractivity contribution < 1.29 is 9.59 Å². The van der Waals surface area contributed by atoms with E-state index in [0.29, 0.717) is 11.1 Å². The van der Waals surface area contributed by atoms with E-state index in [2.05, 4.69) is 10.6 Å². The van der Waals surface area contributed by atoms with Crippen LogP contribution in [0.25, 0.3) is 0 Å². The second-order valence-corrected chi connectivity index (χ2v) is 4.02. The molecule has 0 aliphatic rings. The minimum Gasteiger partial charge on any atom is -0.388 e. The summed E-state index contributed by atoms with van der Waals surface area (Å²) >= 11 is 0. The van der Waals surface area contributed by atoms with Crippen molar-refractivity contribution in [3.8, 4) is 0 Å². The molecular formula is C15H14N2O2. The molecule has 0 saturated carbocycles. The standard InChI is InChI=1S/C15H14N2O2/c1-16-13-6-8-14(9-7-13)17-15(19)12-4-2-11(10-18)3-5-12/h2-10,16H,1H3,(H,17,19). The molecule has 0 radical (unpaired) electrons. The maximum absolute atomic E-state index is 12.0. The zero-order chi connectivity index (χ0) is 13.7. The summed E-state index contributed by atoms with van der Waals surface area (Å²) in [5, 5.41) is 5.80. The third-order valence-electron chi connectivity index (χ3n) is 2.74. The van der Waals surface area contributed by atoms with Crippen LogP contribution in [0.5, 0.6) is 0 Å². The van der Waals surface area contributed by atoms with Gasteiger partial charge in [-0.3, -0.25) is 9.59 Å². The van der Waals surface area contributed by atoms with Gasteiger partial charge in [0.25, 0.3) is 5.91 Å². The van der Waals surface area contributed by atoms with Gasteiger partial charge in [0.05, 0.1) is 0 Å². The van der Waals surface area contributed by atoms with Gasteiger partial charge in [-0.1, -0.05) is 12.1 Å². The molecule has 0 aromatic heterocycles. The second kappa shape index (κ2) is 5.82. The molecule has 4 nitrogen and oxygen atoms in total. The second-order valence-electron chi connectivity index (χ2n) is 4.02. The van der Waals surface area contributed by atoms with Crippen LogP contribution in [0.4, 0.5) is 11.4 Å². The highest BCUT2D eigenvalue weighted by atomic mass is 16.1. The Kier molecular flexibility index (Phi) is 3.93. The normalized spacial score (nSPS) is 9.74. The molecule has 0 spiro atoms. The number of nitrogens with one attached hydrogen (secondary N) is 2. The van der Waals surface area contributed by atoms with Crippen LogP contribution >= 0.6 is 0 Å². The van der Waals surface area contributed by atoms with Gasteiger partial charge in [-0.25, -0.2) is 0 Å². The van der Waals surface area contributed by atoms with E-state index in [4.69, 9.17) is 0 Å². The molecule has 2 aromatic carbocycles. The van der Waals surface area contributed by atoms with Crippen LogP contribution in [0.1, 0.15) is 20.7 Å². The summed E-state index contributed by atoms with van der Waals surface area (Å²) in [7, 11) is 1.84. The van der Waals surface area contributed by atoms with Crippen LogP contribution in [-0.4, -0.2) is 19.2 Å². The van der Waals surface area contributed by atoms with Gasteiger partial charge in [-0.15, -0.1) is 0 Å². The van der Waals surface area contributed by atoms with Crippen molar-refractivity contribution in [1.29, 1.82) is 0 Å². The zero-order valence-electron chi connectivity index (χ0n) is 10.5. The highest BCUT2D eigenvalue weighted by Crippen LogP contribution is 2.14. The fraction of sp³-hybridized carbons (Fsp3) is 0.0667. The number of hydrogen-bond donors (Lipinski definition) is 2. The Morgan fingerprint density at radius 2 is 1.53 bits per heavy atom. The first-order chi connectivity index (χ1) is 9.22. The van der Waals surface area contributed by atoms with Crippen LogP contribution in [0.2, 0.25) is 0 Å². The number of hydrogen-bond acceptors (Lipinski definition) is 3. The minimum absolute atomic E-state index is 0.199. The topological polar surface area (TPSA) is 58.2 Å². The predicted molar refractivity (Wildman–Crippen MR) is 75.8 cm³/mol. The number of aldehydes is 1. The molecule has 2 rings (SSSR count). The average molecular weight is 254 g/mol. The van der Waals surface area contributed by atoms with Gasteiger partial charge in [0, 0.05) is 29.5 Å². The van der Waals surface area contributed by atoms with Gasteiger partial charge in [0.15, 0.2) is 0 Å². The lowest BCUT2D eigenvalue weighted by molar-refractivity contribution is 0.102. The van der Waals surface area contributed by atoms with Crippen molar-refractivity contribution in [2.24, 2.45) is 0 Å². The quantitative estimate of drug-likeness (QED) is 0.825. The lowest BCUT2D eigenvalue weighted by Crippen LogP contribution is -2.11. The molecule has 96 valence electrons. The Hall–Kier alpha value is -2.62. The maximum Gasteiger partial charge on any atom is 0.255 e. The van der Waals surface area contributed by atoms with E-state index < -0.39 is 0 Å². The Bertz CT molecular complexity index is 574. The van der Waals surface area contributed by atoms with E-state index in [9.17, 15) is 9.59 Å². The van der Waals surface area contributed by atoms with E-state index in [1.54, 1.807) is 24.3 Å². The molecule has 0 aliphatic heterocycles. The van der Waals surface area contributed by atoms with Crippen LogP contribution < -0.4 is 10.6 Å². The lowest BCUT2D eigenvalue weighted by atomic mass is 10.1. The molecule has 4 heteroatoms. The van der Waals surface area contributed by atoms with Crippen LogP contribution in [0.3, 0.4) is 0 Å². The van der Waals surface area contributed by atoms with Gasteiger partial charge in [-0.05, 0) is 36.4 Å². The van der Waals surface area contributed by atoms with E-state index in [1.807, 2.05) is 31.3 Å². The van der Waals surface area contributed by atoms with Gasteiger partial charge >= 0.3 is 0 Å². The molecular weight excluding hydrogens is 240 g/mol. The van der Waals surface area contributed by atoms with Crippen LogP contribution in [0.15, 0.2) is 48.5 Å². The number of carbonyl (C=O) groups is 2. The third kappa shape index (κ3) is 3.19. The summed E-state index contributed by atoms with van der Waals surface area (Å²) < 4.78 is 0. The first-order valence-electron chi connectivity index (χ1n) is 5.87. The summed E-state index contributed by atoms with van der Waals surface area (Å²) in [5.74, 6) is -0.199. The average Bonchev–Trinajstić information content (AvgIpc) is 2.48. The van der Waals surface area contributed by atoms with Gasteiger partial charge in [-0.2, -0.15) is 0 Å². The monoisotopic (exact) mass is 254 g/mol.